The number of amides is 1. The third-order valence-electron chi connectivity index (χ3n) is 3.49. The molecule has 0 heterocycles. The van der Waals surface area contributed by atoms with Crippen LogP contribution >= 0.6 is 0 Å². The zero-order valence-corrected chi connectivity index (χ0v) is 13.2. The highest BCUT2D eigenvalue weighted by Gasteiger charge is 2.06. The Morgan fingerprint density at radius 1 is 1.29 bits per heavy atom. The Hall–Kier alpha value is -1.59. The third kappa shape index (κ3) is 6.14. The number of hydrogen-bond donors (Lipinski definition) is 3. The summed E-state index contributed by atoms with van der Waals surface area (Å²) in [5.74, 6) is -0.0363. The fourth-order valence-electron chi connectivity index (χ4n) is 1.96. The van der Waals surface area contributed by atoms with Gasteiger partial charge in [0.2, 0.25) is 5.91 Å². The number of nitrogens with one attached hydrogen (secondary N) is 2. The van der Waals surface area contributed by atoms with Crippen LogP contribution in [0.4, 0.5) is 11.4 Å². The van der Waals surface area contributed by atoms with Crippen molar-refractivity contribution in [3.8, 4) is 0 Å². The van der Waals surface area contributed by atoms with E-state index in [-0.39, 0.29) is 12.5 Å². The summed E-state index contributed by atoms with van der Waals surface area (Å²) in [7, 11) is 0. The monoisotopic (exact) mass is 293 g/mol. The van der Waals surface area contributed by atoms with E-state index in [4.69, 9.17) is 5.11 Å². The second-order valence-corrected chi connectivity index (χ2v) is 5.09. The van der Waals surface area contributed by atoms with Gasteiger partial charge < -0.3 is 20.6 Å². The van der Waals surface area contributed by atoms with E-state index in [9.17, 15) is 4.79 Å². The van der Waals surface area contributed by atoms with Crippen LogP contribution in [0.5, 0.6) is 0 Å². The smallest absolute Gasteiger partial charge is 0.238 e. The SMILES string of the molecule is CCC(C)NCC(=O)Nc1ccc(N(CC)CCO)cc1. The lowest BCUT2D eigenvalue weighted by atomic mass is 10.2. The Labute approximate surface area is 127 Å². The Kier molecular flexibility index (Phi) is 7.79. The van der Waals surface area contributed by atoms with E-state index in [0.29, 0.717) is 19.1 Å². The summed E-state index contributed by atoms with van der Waals surface area (Å²) in [5.41, 5.74) is 1.83. The molecular weight excluding hydrogens is 266 g/mol. The zero-order chi connectivity index (χ0) is 15.7. The van der Waals surface area contributed by atoms with Crippen LogP contribution in [0, 0.1) is 0 Å². The summed E-state index contributed by atoms with van der Waals surface area (Å²) < 4.78 is 0. The molecule has 5 heteroatoms. The lowest BCUT2D eigenvalue weighted by molar-refractivity contribution is -0.115. The highest BCUT2D eigenvalue weighted by atomic mass is 16.3. The zero-order valence-electron chi connectivity index (χ0n) is 13.2. The minimum Gasteiger partial charge on any atom is -0.395 e. The fourth-order valence-corrected chi connectivity index (χ4v) is 1.96. The minimum atomic E-state index is -0.0363. The summed E-state index contributed by atoms with van der Waals surface area (Å²) in [6.45, 7) is 8.09. The topological polar surface area (TPSA) is 64.6 Å². The van der Waals surface area contributed by atoms with Gasteiger partial charge in [0.15, 0.2) is 0 Å². The van der Waals surface area contributed by atoms with Gasteiger partial charge in [0, 0.05) is 30.5 Å². The van der Waals surface area contributed by atoms with E-state index in [0.717, 1.165) is 24.3 Å². The van der Waals surface area contributed by atoms with Crippen LogP contribution in [-0.4, -0.2) is 43.3 Å². The van der Waals surface area contributed by atoms with Crippen LogP contribution in [0.1, 0.15) is 27.2 Å². The van der Waals surface area contributed by atoms with E-state index in [1.165, 1.54) is 0 Å². The van der Waals surface area contributed by atoms with E-state index in [1.54, 1.807) is 0 Å². The Morgan fingerprint density at radius 3 is 2.48 bits per heavy atom. The van der Waals surface area contributed by atoms with Crippen LogP contribution in [0.2, 0.25) is 0 Å². The molecule has 1 amide bonds. The molecule has 5 nitrogen and oxygen atoms in total. The van der Waals surface area contributed by atoms with Gasteiger partial charge in [-0.15, -0.1) is 0 Å². The molecule has 0 saturated heterocycles. The van der Waals surface area contributed by atoms with Crippen LogP contribution < -0.4 is 15.5 Å². The van der Waals surface area contributed by atoms with Crippen LogP contribution in [-0.2, 0) is 4.79 Å². The highest BCUT2D eigenvalue weighted by Crippen LogP contribution is 2.17. The van der Waals surface area contributed by atoms with E-state index in [2.05, 4.69) is 29.4 Å². The summed E-state index contributed by atoms with van der Waals surface area (Å²) in [6, 6.07) is 8.02. The number of carbonyl (C=O) groups is 1. The number of aliphatic hydroxyl groups excluding tert-OH is 1. The average molecular weight is 293 g/mol. The lowest BCUT2D eigenvalue weighted by Gasteiger charge is -2.22. The predicted octanol–water partition coefficient (Wildman–Crippen LogP) is 1.83. The summed E-state index contributed by atoms with van der Waals surface area (Å²) in [6.07, 6.45) is 1.000. The molecule has 3 N–H and O–H groups in total. The molecule has 0 radical (unpaired) electrons. The van der Waals surface area contributed by atoms with Crippen molar-refractivity contribution in [1.82, 2.24) is 5.32 Å². The maximum atomic E-state index is 11.8. The standard InChI is InChI=1S/C16H27N3O2/c1-4-13(3)17-12-16(21)18-14-6-8-15(9-7-14)19(5-2)10-11-20/h6-9,13,17,20H,4-5,10-12H2,1-3H3,(H,18,21). The molecule has 1 aromatic carbocycles. The maximum Gasteiger partial charge on any atom is 0.238 e. The molecule has 0 aliphatic carbocycles. The van der Waals surface area contributed by atoms with Gasteiger partial charge in [0.05, 0.1) is 13.2 Å². The maximum absolute atomic E-state index is 11.8. The van der Waals surface area contributed by atoms with Crippen molar-refractivity contribution in [3.05, 3.63) is 24.3 Å². The molecular formula is C16H27N3O2. The second kappa shape index (κ2) is 9.37. The molecule has 1 atom stereocenters. The minimum absolute atomic E-state index is 0.0363. The van der Waals surface area contributed by atoms with Gasteiger partial charge in [-0.25, -0.2) is 0 Å². The Bertz CT molecular complexity index is 420. The van der Waals surface area contributed by atoms with Crippen molar-refractivity contribution < 1.29 is 9.90 Å². The van der Waals surface area contributed by atoms with Gasteiger partial charge >= 0.3 is 0 Å². The first-order valence-corrected chi connectivity index (χ1v) is 7.59. The third-order valence-corrected chi connectivity index (χ3v) is 3.49. The van der Waals surface area contributed by atoms with Crippen LogP contribution in [0.15, 0.2) is 24.3 Å². The van der Waals surface area contributed by atoms with Crippen molar-refractivity contribution >= 4 is 17.3 Å². The summed E-state index contributed by atoms with van der Waals surface area (Å²) >= 11 is 0. The number of likely N-dealkylation sites (N-methyl/N-ethyl adjacent to an activating group) is 1. The van der Waals surface area contributed by atoms with Crippen molar-refractivity contribution in [2.45, 2.75) is 33.2 Å². The largest absolute Gasteiger partial charge is 0.395 e. The molecule has 118 valence electrons. The van der Waals surface area contributed by atoms with Crippen molar-refractivity contribution in [2.24, 2.45) is 0 Å². The number of rotatable bonds is 9. The van der Waals surface area contributed by atoms with E-state index < -0.39 is 0 Å². The molecule has 0 spiro atoms. The molecule has 1 aromatic rings. The Morgan fingerprint density at radius 2 is 1.95 bits per heavy atom. The summed E-state index contributed by atoms with van der Waals surface area (Å²) in [5, 5.41) is 15.0. The number of aliphatic hydroxyl groups is 1. The number of benzene rings is 1. The van der Waals surface area contributed by atoms with E-state index in [1.807, 2.05) is 31.2 Å². The van der Waals surface area contributed by atoms with Gasteiger partial charge in [0.25, 0.3) is 0 Å². The molecule has 1 unspecified atom stereocenters. The van der Waals surface area contributed by atoms with Gasteiger partial charge in [0.1, 0.15) is 0 Å². The van der Waals surface area contributed by atoms with Gasteiger partial charge in [-0.1, -0.05) is 6.92 Å². The van der Waals surface area contributed by atoms with Crippen molar-refractivity contribution in [3.63, 3.8) is 0 Å². The van der Waals surface area contributed by atoms with E-state index >= 15 is 0 Å². The first-order valence-electron chi connectivity index (χ1n) is 7.59. The fraction of sp³-hybridized carbons (Fsp3) is 0.562. The molecule has 0 fully saturated rings. The molecule has 0 aliphatic rings. The Balaban J connectivity index is 2.52. The van der Waals surface area contributed by atoms with Crippen molar-refractivity contribution in [1.29, 1.82) is 0 Å². The lowest BCUT2D eigenvalue weighted by Crippen LogP contribution is -2.33. The molecule has 0 aliphatic heterocycles. The van der Waals surface area contributed by atoms with Gasteiger partial charge in [-0.2, -0.15) is 0 Å². The molecule has 1 rings (SSSR count). The number of hydrogen-bond acceptors (Lipinski definition) is 4. The quantitative estimate of drug-likeness (QED) is 0.650. The number of nitrogens with zero attached hydrogens (tertiary/aromatic N) is 1. The van der Waals surface area contributed by atoms with Gasteiger partial charge in [-0.05, 0) is 44.5 Å². The normalized spacial score (nSPS) is 12.0. The first kappa shape index (κ1) is 17.5. The second-order valence-electron chi connectivity index (χ2n) is 5.09. The van der Waals surface area contributed by atoms with Crippen LogP contribution in [0.25, 0.3) is 0 Å². The molecule has 0 aromatic heterocycles. The summed E-state index contributed by atoms with van der Waals surface area (Å²) in [4.78, 5) is 13.9. The van der Waals surface area contributed by atoms with Crippen molar-refractivity contribution in [2.75, 3.05) is 36.5 Å². The van der Waals surface area contributed by atoms with Gasteiger partial charge in [-0.3, -0.25) is 4.79 Å². The number of anilines is 2. The molecule has 21 heavy (non-hydrogen) atoms. The number of carbonyl (C=O) groups excluding carboxylic acids is 1. The average Bonchev–Trinajstić information content (AvgIpc) is 2.51. The van der Waals surface area contributed by atoms with Crippen LogP contribution in [0.3, 0.4) is 0 Å². The molecule has 0 bridgehead atoms. The first-order chi connectivity index (χ1) is 10.1. The predicted molar refractivity (Wildman–Crippen MR) is 87.8 cm³/mol. The molecule has 0 saturated carbocycles. The highest BCUT2D eigenvalue weighted by molar-refractivity contribution is 5.92.